The lowest BCUT2D eigenvalue weighted by atomic mass is 10.0. The summed E-state index contributed by atoms with van der Waals surface area (Å²) >= 11 is 0. The zero-order valence-electron chi connectivity index (χ0n) is 19.1. The third kappa shape index (κ3) is 6.58. The summed E-state index contributed by atoms with van der Waals surface area (Å²) in [6, 6.07) is 7.85. The lowest BCUT2D eigenvalue weighted by Gasteiger charge is -2.32. The molecule has 1 aromatic carbocycles. The second kappa shape index (κ2) is 10.4. The second-order valence-electron chi connectivity index (χ2n) is 9.59. The van der Waals surface area contributed by atoms with Gasteiger partial charge in [0.2, 0.25) is 5.88 Å². The van der Waals surface area contributed by atoms with Crippen LogP contribution >= 0.6 is 0 Å². The minimum atomic E-state index is -2.94. The van der Waals surface area contributed by atoms with Crippen LogP contribution in [0.25, 0.3) is 10.9 Å². The lowest BCUT2D eigenvalue weighted by molar-refractivity contribution is 0.104. The maximum atomic E-state index is 11.5. The Balaban J connectivity index is 1.41. The zero-order valence-corrected chi connectivity index (χ0v) is 19.9. The fraction of sp³-hybridized carbons (Fsp3) is 0.640. The number of pyridine rings is 1. The Kier molecular flexibility index (Phi) is 7.56. The molecule has 2 fully saturated rings. The molecule has 0 amide bonds. The normalized spacial score (nSPS) is 18.3. The quantitative estimate of drug-likeness (QED) is 0.503. The van der Waals surface area contributed by atoms with E-state index in [-0.39, 0.29) is 17.7 Å². The molecule has 1 aromatic heterocycles. The number of hydrogen-bond donors (Lipinski definition) is 1. The van der Waals surface area contributed by atoms with Crippen LogP contribution in [0.4, 0.5) is 0 Å². The number of benzene rings is 1. The number of nitrogens with zero attached hydrogens (tertiary/aromatic N) is 2. The fourth-order valence-electron chi connectivity index (χ4n) is 4.60. The van der Waals surface area contributed by atoms with E-state index in [0.29, 0.717) is 6.54 Å². The van der Waals surface area contributed by atoms with Gasteiger partial charge in [-0.3, -0.25) is 0 Å². The predicted octanol–water partition coefficient (Wildman–Crippen LogP) is 4.34. The number of aromatic hydroxyl groups is 1. The number of piperidine rings is 1. The van der Waals surface area contributed by atoms with Crippen LogP contribution in [0.3, 0.4) is 0 Å². The highest BCUT2D eigenvalue weighted by atomic mass is 32.2. The summed E-state index contributed by atoms with van der Waals surface area (Å²) in [5, 5.41) is 11.7. The zero-order chi connectivity index (χ0) is 22.6. The van der Waals surface area contributed by atoms with Gasteiger partial charge in [-0.1, -0.05) is 44.2 Å². The van der Waals surface area contributed by atoms with Gasteiger partial charge in [0.1, 0.15) is 21.7 Å². The number of fused-ring (bicyclic) bond motifs is 1. The van der Waals surface area contributed by atoms with E-state index < -0.39 is 9.84 Å². The highest BCUT2D eigenvalue weighted by molar-refractivity contribution is 7.90. The molecule has 176 valence electrons. The van der Waals surface area contributed by atoms with E-state index in [1.165, 1.54) is 38.4 Å². The van der Waals surface area contributed by atoms with Crippen molar-refractivity contribution in [3.8, 4) is 11.6 Å². The summed E-state index contributed by atoms with van der Waals surface area (Å²) in [7, 11) is -2.94. The van der Waals surface area contributed by atoms with Gasteiger partial charge >= 0.3 is 0 Å². The summed E-state index contributed by atoms with van der Waals surface area (Å²) in [6.07, 6.45) is 11.4. The summed E-state index contributed by atoms with van der Waals surface area (Å²) in [4.78, 5) is 6.63. The van der Waals surface area contributed by atoms with Gasteiger partial charge in [0, 0.05) is 31.3 Å². The first-order valence-corrected chi connectivity index (χ1v) is 14.1. The Morgan fingerprint density at radius 3 is 2.56 bits per heavy atom. The molecule has 0 spiro atoms. The molecule has 0 radical (unpaired) electrons. The summed E-state index contributed by atoms with van der Waals surface area (Å²) in [6.45, 7) is 2.23. The molecule has 6 nitrogen and oxygen atoms in total. The molecular formula is C25H36N2O4S. The van der Waals surface area contributed by atoms with Crippen molar-refractivity contribution >= 4 is 20.7 Å². The Morgan fingerprint density at radius 2 is 1.84 bits per heavy atom. The first kappa shape index (κ1) is 23.3. The molecule has 0 unspecified atom stereocenters. The Labute approximate surface area is 191 Å². The van der Waals surface area contributed by atoms with Crippen molar-refractivity contribution in [2.45, 2.75) is 63.9 Å². The van der Waals surface area contributed by atoms with E-state index in [1.54, 1.807) is 0 Å². The van der Waals surface area contributed by atoms with Gasteiger partial charge in [0.05, 0.1) is 16.8 Å². The average molecular weight is 461 g/mol. The van der Waals surface area contributed by atoms with Gasteiger partial charge in [0.25, 0.3) is 0 Å². The molecule has 1 saturated carbocycles. The Hall–Kier alpha value is -1.86. The fourth-order valence-corrected chi connectivity index (χ4v) is 5.19. The van der Waals surface area contributed by atoms with Crippen LogP contribution in [-0.4, -0.2) is 61.2 Å². The average Bonchev–Trinajstić information content (AvgIpc) is 3.58. The number of hydrogen-bond acceptors (Lipinski definition) is 6. The summed E-state index contributed by atoms with van der Waals surface area (Å²) < 4.78 is 29.4. The van der Waals surface area contributed by atoms with Gasteiger partial charge in [0.15, 0.2) is 0 Å². The monoisotopic (exact) mass is 460 g/mol. The first-order chi connectivity index (χ1) is 15.4. The van der Waals surface area contributed by atoms with Crippen LogP contribution in [-0.2, 0) is 16.3 Å². The topological polar surface area (TPSA) is 79.7 Å². The van der Waals surface area contributed by atoms with E-state index in [4.69, 9.17) is 4.74 Å². The van der Waals surface area contributed by atoms with Gasteiger partial charge in [-0.2, -0.15) is 0 Å². The minimum absolute atomic E-state index is 0.0586. The molecule has 7 heteroatoms. The molecule has 1 aliphatic carbocycles. The molecule has 1 saturated heterocycles. The van der Waals surface area contributed by atoms with Crippen molar-refractivity contribution in [3.05, 3.63) is 29.8 Å². The van der Waals surface area contributed by atoms with E-state index in [2.05, 4.69) is 9.88 Å². The molecular weight excluding hydrogens is 424 g/mol. The largest absolute Gasteiger partial charge is 0.493 e. The van der Waals surface area contributed by atoms with E-state index in [0.717, 1.165) is 66.9 Å². The smallest absolute Gasteiger partial charge is 0.218 e. The van der Waals surface area contributed by atoms with E-state index in [1.807, 2.05) is 24.3 Å². The maximum absolute atomic E-state index is 11.5. The van der Waals surface area contributed by atoms with Crippen LogP contribution in [0.15, 0.2) is 24.3 Å². The van der Waals surface area contributed by atoms with Crippen LogP contribution in [0.1, 0.15) is 56.9 Å². The number of para-hydroxylation sites is 1. The third-order valence-corrected chi connectivity index (χ3v) is 7.68. The molecule has 1 aliphatic heterocycles. The summed E-state index contributed by atoms with van der Waals surface area (Å²) in [5.74, 6) is 2.04. The first-order valence-electron chi connectivity index (χ1n) is 12.1. The van der Waals surface area contributed by atoms with E-state index in [9.17, 15) is 13.5 Å². The molecule has 2 aliphatic rings. The van der Waals surface area contributed by atoms with Gasteiger partial charge in [-0.25, -0.2) is 13.4 Å². The predicted molar refractivity (Wildman–Crippen MR) is 128 cm³/mol. The number of aromatic nitrogens is 1. The van der Waals surface area contributed by atoms with Gasteiger partial charge < -0.3 is 14.7 Å². The second-order valence-corrected chi connectivity index (χ2v) is 11.9. The number of sulfone groups is 1. The molecule has 0 bridgehead atoms. The van der Waals surface area contributed by atoms with Crippen molar-refractivity contribution in [2.24, 2.45) is 5.92 Å². The molecule has 2 heterocycles. The van der Waals surface area contributed by atoms with Crippen molar-refractivity contribution in [1.29, 1.82) is 0 Å². The molecule has 4 rings (SSSR count). The van der Waals surface area contributed by atoms with Crippen molar-refractivity contribution in [3.63, 3.8) is 0 Å². The van der Waals surface area contributed by atoms with Gasteiger partial charge in [-0.05, 0) is 43.7 Å². The standard InChI is InChI=1S/C25H36N2O4S/c1-32(29,30)18-17-27-15-13-20(14-16-27)31-24-21-8-5-6-10-23(21)26-25(28)22(24)9-4-2-3-7-19-11-12-19/h5-6,8,10,19-20H,2-4,7,9,11-18H2,1H3,(H,26,28). The van der Waals surface area contributed by atoms with Crippen molar-refractivity contribution in [1.82, 2.24) is 9.88 Å². The lowest BCUT2D eigenvalue weighted by Crippen LogP contribution is -2.40. The van der Waals surface area contributed by atoms with Crippen LogP contribution in [0, 0.1) is 5.92 Å². The Morgan fingerprint density at radius 1 is 1.09 bits per heavy atom. The van der Waals surface area contributed by atoms with Gasteiger partial charge in [-0.15, -0.1) is 0 Å². The Bertz CT molecular complexity index is 1010. The number of rotatable bonds is 11. The SMILES string of the molecule is CS(=O)(=O)CCN1CCC(Oc2c(CCCCCC3CC3)c(O)nc3ccccc23)CC1. The third-order valence-electron chi connectivity index (χ3n) is 6.75. The van der Waals surface area contributed by atoms with Crippen LogP contribution < -0.4 is 4.74 Å². The molecule has 2 aromatic rings. The van der Waals surface area contributed by atoms with Crippen molar-refractivity contribution < 1.29 is 18.3 Å². The molecule has 0 atom stereocenters. The number of unbranched alkanes of at least 4 members (excludes halogenated alkanes) is 2. The van der Waals surface area contributed by atoms with Crippen molar-refractivity contribution in [2.75, 3.05) is 31.6 Å². The van der Waals surface area contributed by atoms with E-state index >= 15 is 0 Å². The summed E-state index contributed by atoms with van der Waals surface area (Å²) in [5.41, 5.74) is 1.58. The molecule has 1 N–H and O–H groups in total. The molecule has 32 heavy (non-hydrogen) atoms. The highest BCUT2D eigenvalue weighted by Crippen LogP contribution is 2.38. The maximum Gasteiger partial charge on any atom is 0.218 e. The highest BCUT2D eigenvalue weighted by Gasteiger charge is 2.25. The number of ether oxygens (including phenoxy) is 1. The van der Waals surface area contributed by atoms with Crippen LogP contribution in [0.5, 0.6) is 11.6 Å². The van der Waals surface area contributed by atoms with Crippen LogP contribution in [0.2, 0.25) is 0 Å². The minimum Gasteiger partial charge on any atom is -0.493 e. The number of likely N-dealkylation sites (tertiary alicyclic amines) is 1.